The van der Waals surface area contributed by atoms with Crippen LogP contribution in [0.15, 0.2) is 35.3 Å². The van der Waals surface area contributed by atoms with Crippen LogP contribution in [0.3, 0.4) is 0 Å². The first kappa shape index (κ1) is 19.0. The fraction of sp³-hybridized carbons (Fsp3) is 0.381. The van der Waals surface area contributed by atoms with Crippen LogP contribution in [-0.2, 0) is 0 Å². The Hall–Kier alpha value is -2.76. The number of halogens is 1. The fourth-order valence-corrected chi connectivity index (χ4v) is 3.74. The summed E-state index contributed by atoms with van der Waals surface area (Å²) in [6, 6.07) is 7.90. The summed E-state index contributed by atoms with van der Waals surface area (Å²) >= 11 is 0. The van der Waals surface area contributed by atoms with Crippen molar-refractivity contribution in [1.82, 2.24) is 0 Å². The minimum atomic E-state index is -0.441. The van der Waals surface area contributed by atoms with Crippen LogP contribution in [0.5, 0.6) is 0 Å². The molecular weight excluding hydrogens is 345 g/mol. The first-order valence-electron chi connectivity index (χ1n) is 8.96. The van der Waals surface area contributed by atoms with Gasteiger partial charge in [-0.05, 0) is 62.4 Å². The maximum atomic E-state index is 14.7. The molecule has 1 unspecified atom stereocenters. The summed E-state index contributed by atoms with van der Waals surface area (Å²) in [7, 11) is 2.00. The van der Waals surface area contributed by atoms with Crippen LogP contribution in [0.2, 0.25) is 0 Å². The summed E-state index contributed by atoms with van der Waals surface area (Å²) in [5, 5.41) is 10.8. The molecule has 1 aliphatic heterocycles. The van der Waals surface area contributed by atoms with Crippen molar-refractivity contribution >= 4 is 23.3 Å². The van der Waals surface area contributed by atoms with E-state index in [1.165, 1.54) is 18.3 Å². The van der Waals surface area contributed by atoms with Crippen molar-refractivity contribution in [1.29, 1.82) is 0 Å². The predicted octanol–water partition coefficient (Wildman–Crippen LogP) is 5.51. The van der Waals surface area contributed by atoms with Crippen LogP contribution in [-0.4, -0.2) is 23.7 Å². The van der Waals surface area contributed by atoms with Crippen LogP contribution < -0.4 is 4.90 Å². The Balaban J connectivity index is 1.96. The van der Waals surface area contributed by atoms with Gasteiger partial charge in [0.1, 0.15) is 5.82 Å². The molecule has 0 saturated heterocycles. The van der Waals surface area contributed by atoms with E-state index in [0.29, 0.717) is 22.7 Å². The van der Waals surface area contributed by atoms with Crippen LogP contribution >= 0.6 is 0 Å². The minimum Gasteiger partial charge on any atom is -0.369 e. The summed E-state index contributed by atoms with van der Waals surface area (Å²) in [4.78, 5) is 16.9. The molecule has 5 nitrogen and oxygen atoms in total. The molecule has 0 bridgehead atoms. The molecule has 2 aromatic rings. The van der Waals surface area contributed by atoms with Gasteiger partial charge in [0.05, 0.1) is 10.6 Å². The molecule has 1 aliphatic rings. The van der Waals surface area contributed by atoms with E-state index >= 15 is 0 Å². The van der Waals surface area contributed by atoms with E-state index in [2.05, 4.69) is 30.7 Å². The molecule has 142 valence electrons. The molecule has 0 aliphatic carbocycles. The number of aryl methyl sites for hydroxylation is 1. The van der Waals surface area contributed by atoms with E-state index in [1.807, 2.05) is 13.1 Å². The minimum absolute atomic E-state index is 0.0193. The first-order chi connectivity index (χ1) is 12.6. The number of benzene rings is 2. The number of anilines is 1. The highest BCUT2D eigenvalue weighted by atomic mass is 19.1. The Kier molecular flexibility index (Phi) is 4.76. The highest BCUT2D eigenvalue weighted by Crippen LogP contribution is 2.43. The molecule has 3 rings (SSSR count). The third-order valence-corrected chi connectivity index (χ3v) is 5.49. The molecule has 2 aromatic carbocycles. The number of aliphatic imine (C=N–C) groups is 1. The van der Waals surface area contributed by atoms with Crippen LogP contribution in [0.1, 0.15) is 49.8 Å². The zero-order valence-corrected chi connectivity index (χ0v) is 16.3. The zero-order valence-electron chi connectivity index (χ0n) is 16.3. The van der Waals surface area contributed by atoms with Gasteiger partial charge >= 0.3 is 0 Å². The number of rotatable bonds is 3. The van der Waals surface area contributed by atoms with Gasteiger partial charge in [-0.25, -0.2) is 4.39 Å². The summed E-state index contributed by atoms with van der Waals surface area (Å²) in [5.41, 5.74) is 3.71. The second-order valence-electron chi connectivity index (χ2n) is 7.90. The highest BCUT2D eigenvalue weighted by Gasteiger charge is 2.34. The number of hydrogen-bond acceptors (Lipinski definition) is 4. The van der Waals surface area contributed by atoms with E-state index in [4.69, 9.17) is 0 Å². The van der Waals surface area contributed by atoms with Crippen molar-refractivity contribution in [2.75, 3.05) is 11.9 Å². The van der Waals surface area contributed by atoms with Crippen molar-refractivity contribution in [2.45, 2.75) is 45.6 Å². The SMILES string of the molecule is Cc1cc([N+](=O)[O-])ccc1N=Cc1cc2c(cc1F)N(C)C(C)(C)CC2C. The van der Waals surface area contributed by atoms with E-state index in [0.717, 1.165) is 17.7 Å². The Bertz CT molecular complexity index is 937. The van der Waals surface area contributed by atoms with Crippen molar-refractivity contribution in [3.8, 4) is 0 Å². The molecule has 0 spiro atoms. The number of non-ortho nitro benzene ring substituents is 1. The van der Waals surface area contributed by atoms with E-state index < -0.39 is 4.92 Å². The Morgan fingerprint density at radius 1 is 1.33 bits per heavy atom. The van der Waals surface area contributed by atoms with E-state index in [1.54, 1.807) is 19.1 Å². The lowest BCUT2D eigenvalue weighted by atomic mass is 9.80. The van der Waals surface area contributed by atoms with Crippen LogP contribution in [0, 0.1) is 22.9 Å². The van der Waals surface area contributed by atoms with Gasteiger partial charge in [0.2, 0.25) is 0 Å². The van der Waals surface area contributed by atoms with Gasteiger partial charge in [-0.2, -0.15) is 0 Å². The van der Waals surface area contributed by atoms with E-state index in [9.17, 15) is 14.5 Å². The average Bonchev–Trinajstić information content (AvgIpc) is 2.58. The van der Waals surface area contributed by atoms with Gasteiger partial charge in [-0.3, -0.25) is 15.1 Å². The fourth-order valence-electron chi connectivity index (χ4n) is 3.74. The smallest absolute Gasteiger partial charge is 0.269 e. The van der Waals surface area contributed by atoms with Gasteiger partial charge in [0.15, 0.2) is 0 Å². The summed E-state index contributed by atoms with van der Waals surface area (Å²) in [6.45, 7) is 8.24. The lowest BCUT2D eigenvalue weighted by Gasteiger charge is -2.45. The second kappa shape index (κ2) is 6.76. The Morgan fingerprint density at radius 2 is 2.04 bits per heavy atom. The molecule has 27 heavy (non-hydrogen) atoms. The predicted molar refractivity (Wildman–Crippen MR) is 107 cm³/mol. The number of hydrogen-bond donors (Lipinski definition) is 0. The van der Waals surface area contributed by atoms with Crippen LogP contribution in [0.25, 0.3) is 0 Å². The Labute approximate surface area is 158 Å². The number of nitro benzene ring substituents is 1. The zero-order chi connectivity index (χ0) is 19.9. The summed E-state index contributed by atoms with van der Waals surface area (Å²) < 4.78 is 14.7. The second-order valence-corrected chi connectivity index (χ2v) is 7.90. The van der Waals surface area contributed by atoms with Gasteiger partial charge in [0.25, 0.3) is 5.69 Å². The molecule has 0 fully saturated rings. The average molecular weight is 369 g/mol. The quantitative estimate of drug-likeness (QED) is 0.407. The number of nitro groups is 1. The normalized spacial score (nSPS) is 18.6. The standard InChI is InChI=1S/C21H24FN3O2/c1-13-8-16(25(26)27)6-7-19(13)23-12-15-9-17-14(2)11-21(3,4)24(5)20(17)10-18(15)22/h6-10,12,14H,11H2,1-5H3. The maximum absolute atomic E-state index is 14.7. The lowest BCUT2D eigenvalue weighted by molar-refractivity contribution is -0.384. The van der Waals surface area contributed by atoms with Crippen LogP contribution in [0.4, 0.5) is 21.5 Å². The van der Waals surface area contributed by atoms with Crippen molar-refractivity contribution < 1.29 is 9.31 Å². The Morgan fingerprint density at radius 3 is 2.67 bits per heavy atom. The van der Waals surface area contributed by atoms with Crippen molar-refractivity contribution in [2.24, 2.45) is 4.99 Å². The molecule has 0 aromatic heterocycles. The van der Waals surface area contributed by atoms with Gasteiger partial charge in [0, 0.05) is 42.2 Å². The van der Waals surface area contributed by atoms with Gasteiger partial charge < -0.3 is 4.90 Å². The number of nitrogens with zero attached hydrogens (tertiary/aromatic N) is 3. The largest absolute Gasteiger partial charge is 0.369 e. The third kappa shape index (κ3) is 3.56. The lowest BCUT2D eigenvalue weighted by Crippen LogP contribution is -2.45. The van der Waals surface area contributed by atoms with Crippen molar-refractivity contribution in [3.05, 3.63) is 63.0 Å². The molecule has 0 N–H and O–H groups in total. The topological polar surface area (TPSA) is 58.7 Å². The molecule has 6 heteroatoms. The molecule has 1 atom stereocenters. The van der Waals surface area contributed by atoms with Crippen molar-refractivity contribution in [3.63, 3.8) is 0 Å². The molecule has 0 amide bonds. The van der Waals surface area contributed by atoms with E-state index in [-0.39, 0.29) is 17.0 Å². The molecule has 0 radical (unpaired) electrons. The first-order valence-corrected chi connectivity index (χ1v) is 8.96. The molecule has 1 heterocycles. The highest BCUT2D eigenvalue weighted by molar-refractivity contribution is 5.84. The maximum Gasteiger partial charge on any atom is 0.269 e. The summed E-state index contributed by atoms with van der Waals surface area (Å²) in [5.74, 6) is -0.00567. The molecular formula is C21H24FN3O2. The number of fused-ring (bicyclic) bond motifs is 1. The monoisotopic (exact) mass is 369 g/mol. The third-order valence-electron chi connectivity index (χ3n) is 5.49. The van der Waals surface area contributed by atoms with Gasteiger partial charge in [-0.15, -0.1) is 0 Å². The molecule has 0 saturated carbocycles. The van der Waals surface area contributed by atoms with Gasteiger partial charge in [-0.1, -0.05) is 6.92 Å². The summed E-state index contributed by atoms with van der Waals surface area (Å²) in [6.07, 6.45) is 2.48.